The van der Waals surface area contributed by atoms with Crippen molar-refractivity contribution >= 4 is 33.9 Å². The minimum absolute atomic E-state index is 0.0366. The van der Waals surface area contributed by atoms with E-state index in [0.29, 0.717) is 6.42 Å². The van der Waals surface area contributed by atoms with E-state index >= 15 is 0 Å². The molecule has 2 atom stereocenters. The summed E-state index contributed by atoms with van der Waals surface area (Å²) in [5.74, 6) is 0.0366. The van der Waals surface area contributed by atoms with Gasteiger partial charge in [0.2, 0.25) is 5.91 Å². The van der Waals surface area contributed by atoms with E-state index in [2.05, 4.69) is 114 Å². The predicted molar refractivity (Wildman–Crippen MR) is 184 cm³/mol. The van der Waals surface area contributed by atoms with Crippen molar-refractivity contribution in [3.63, 3.8) is 0 Å². The van der Waals surface area contributed by atoms with Gasteiger partial charge in [-0.15, -0.1) is 0 Å². The molecular weight excluding hydrogens is 550 g/mol. The molecular formula is C38H44ClN3O. The summed E-state index contributed by atoms with van der Waals surface area (Å²) < 4.78 is 0. The second-order valence-electron chi connectivity index (χ2n) is 11.2. The van der Waals surface area contributed by atoms with Gasteiger partial charge in [-0.2, -0.15) is 0 Å². The van der Waals surface area contributed by atoms with E-state index in [9.17, 15) is 4.79 Å². The van der Waals surface area contributed by atoms with Crippen LogP contribution < -0.4 is 10.6 Å². The summed E-state index contributed by atoms with van der Waals surface area (Å²) in [6, 6.07) is 31.6. The van der Waals surface area contributed by atoms with Crippen LogP contribution in [0.5, 0.6) is 0 Å². The maximum absolute atomic E-state index is 13.4. The number of halogens is 1. The Kier molecular flexibility index (Phi) is 12.2. The third kappa shape index (κ3) is 9.65. The standard InChI is InChI=1S/C38H44ClN3O/c1-5-9-31(6-2)33-17-12-29(13-18-33)25-38(43)41-36(23-30-14-19-32-10-7-8-11-34(32)22-30)27-42(4)37(26-40-3)24-28-15-20-35(39)21-16-28/h5-22,36-37,40H,23-27H2,1-4H3,(H,41,43)/b9-5-,31-6+/t36-,37?/m0/s1. The van der Waals surface area contributed by atoms with Gasteiger partial charge in [0.05, 0.1) is 6.42 Å². The van der Waals surface area contributed by atoms with E-state index in [4.69, 9.17) is 11.6 Å². The largest absolute Gasteiger partial charge is 0.351 e. The van der Waals surface area contributed by atoms with Crippen molar-refractivity contribution in [3.05, 3.63) is 137 Å². The molecule has 0 saturated heterocycles. The molecule has 5 heteroatoms. The van der Waals surface area contributed by atoms with Crippen LogP contribution in [-0.2, 0) is 24.1 Å². The van der Waals surface area contributed by atoms with E-state index < -0.39 is 0 Å². The van der Waals surface area contributed by atoms with Crippen molar-refractivity contribution in [2.45, 2.75) is 45.2 Å². The summed E-state index contributed by atoms with van der Waals surface area (Å²) >= 11 is 6.13. The van der Waals surface area contributed by atoms with Crippen LogP contribution in [-0.4, -0.2) is 50.1 Å². The number of amides is 1. The summed E-state index contributed by atoms with van der Waals surface area (Å²) in [4.78, 5) is 15.8. The van der Waals surface area contributed by atoms with Gasteiger partial charge in [-0.25, -0.2) is 0 Å². The molecule has 0 spiro atoms. The van der Waals surface area contributed by atoms with Gasteiger partial charge in [-0.05, 0) is 91.5 Å². The van der Waals surface area contributed by atoms with Crippen molar-refractivity contribution in [1.82, 2.24) is 15.5 Å². The Morgan fingerprint density at radius 3 is 2.21 bits per heavy atom. The number of hydrogen-bond donors (Lipinski definition) is 2. The van der Waals surface area contributed by atoms with E-state index in [0.717, 1.165) is 42.1 Å². The number of benzene rings is 4. The second-order valence-corrected chi connectivity index (χ2v) is 11.7. The average Bonchev–Trinajstić information content (AvgIpc) is 3.01. The molecule has 0 aliphatic heterocycles. The minimum atomic E-state index is -0.0492. The van der Waals surface area contributed by atoms with Crippen molar-refractivity contribution in [2.24, 2.45) is 0 Å². The Labute approximate surface area is 262 Å². The number of rotatable bonds is 14. The first-order valence-corrected chi connectivity index (χ1v) is 15.5. The van der Waals surface area contributed by atoms with Gasteiger partial charge in [-0.3, -0.25) is 9.69 Å². The number of nitrogens with one attached hydrogen (secondary N) is 2. The number of carbonyl (C=O) groups is 1. The molecule has 0 aliphatic carbocycles. The van der Waals surface area contributed by atoms with E-state index in [1.165, 1.54) is 27.5 Å². The molecule has 0 bridgehead atoms. The van der Waals surface area contributed by atoms with E-state index in [1.807, 2.05) is 39.1 Å². The van der Waals surface area contributed by atoms with Gasteiger partial charge in [0.15, 0.2) is 0 Å². The quantitative estimate of drug-likeness (QED) is 0.149. The van der Waals surface area contributed by atoms with Crippen LogP contribution in [0.15, 0.2) is 109 Å². The number of hydrogen-bond acceptors (Lipinski definition) is 3. The van der Waals surface area contributed by atoms with E-state index in [-0.39, 0.29) is 18.0 Å². The SMILES string of the molecule is C/C=C\C(=C/C)c1ccc(CC(=O)N[C@@H](Cc2ccc3ccccc3c2)CN(C)C(CNC)Cc2ccc(Cl)cc2)cc1. The molecule has 0 radical (unpaired) electrons. The van der Waals surface area contributed by atoms with Gasteiger partial charge < -0.3 is 10.6 Å². The van der Waals surface area contributed by atoms with Crippen molar-refractivity contribution in [3.8, 4) is 0 Å². The van der Waals surface area contributed by atoms with Crippen LogP contribution in [0.25, 0.3) is 16.3 Å². The first-order chi connectivity index (χ1) is 20.9. The van der Waals surface area contributed by atoms with E-state index in [1.54, 1.807) is 0 Å². The van der Waals surface area contributed by atoms with Crippen molar-refractivity contribution < 1.29 is 4.79 Å². The highest BCUT2D eigenvalue weighted by Gasteiger charge is 2.21. The highest BCUT2D eigenvalue weighted by Crippen LogP contribution is 2.19. The van der Waals surface area contributed by atoms with Gasteiger partial charge in [0, 0.05) is 30.2 Å². The lowest BCUT2D eigenvalue weighted by Gasteiger charge is -2.32. The Bertz CT molecular complexity index is 1530. The maximum Gasteiger partial charge on any atom is 0.224 e. The molecule has 0 saturated carbocycles. The van der Waals surface area contributed by atoms with Crippen LogP contribution in [0, 0.1) is 0 Å². The highest BCUT2D eigenvalue weighted by atomic mass is 35.5. The van der Waals surface area contributed by atoms with Gasteiger partial charge in [0.25, 0.3) is 0 Å². The smallest absolute Gasteiger partial charge is 0.224 e. The summed E-state index contributed by atoms with van der Waals surface area (Å²) in [7, 11) is 4.14. The molecule has 1 amide bonds. The maximum atomic E-state index is 13.4. The molecule has 1 unspecified atom stereocenters. The van der Waals surface area contributed by atoms with Crippen molar-refractivity contribution in [1.29, 1.82) is 0 Å². The summed E-state index contributed by atoms with van der Waals surface area (Å²) in [5.41, 5.74) is 5.78. The molecule has 4 aromatic carbocycles. The number of allylic oxidation sites excluding steroid dienone is 4. The number of likely N-dealkylation sites (N-methyl/N-ethyl adjacent to an activating group) is 2. The molecule has 0 aliphatic rings. The lowest BCUT2D eigenvalue weighted by molar-refractivity contribution is -0.121. The Morgan fingerprint density at radius 2 is 1.53 bits per heavy atom. The van der Waals surface area contributed by atoms with Gasteiger partial charge in [-0.1, -0.05) is 109 Å². The Balaban J connectivity index is 1.50. The average molecular weight is 594 g/mol. The molecule has 0 heterocycles. The fourth-order valence-electron chi connectivity index (χ4n) is 5.64. The van der Waals surface area contributed by atoms with Crippen LogP contribution in [0.1, 0.15) is 36.1 Å². The summed E-state index contributed by atoms with van der Waals surface area (Å²) in [6.07, 6.45) is 8.23. The molecule has 4 rings (SSSR count). The second kappa shape index (κ2) is 16.2. The zero-order chi connectivity index (χ0) is 30.6. The molecule has 4 nitrogen and oxygen atoms in total. The summed E-state index contributed by atoms with van der Waals surface area (Å²) in [6.45, 7) is 5.63. The first kappa shape index (κ1) is 32.2. The highest BCUT2D eigenvalue weighted by molar-refractivity contribution is 6.30. The first-order valence-electron chi connectivity index (χ1n) is 15.1. The minimum Gasteiger partial charge on any atom is -0.351 e. The third-order valence-corrected chi connectivity index (χ3v) is 8.18. The molecule has 0 fully saturated rings. The Hall–Kier alpha value is -3.70. The van der Waals surface area contributed by atoms with Crippen LogP contribution >= 0.6 is 11.6 Å². The Morgan fingerprint density at radius 1 is 0.860 bits per heavy atom. The third-order valence-electron chi connectivity index (χ3n) is 7.93. The molecule has 2 N–H and O–H groups in total. The van der Waals surface area contributed by atoms with Crippen LogP contribution in [0.4, 0.5) is 0 Å². The normalized spacial score (nSPS) is 13.5. The fourth-order valence-corrected chi connectivity index (χ4v) is 5.76. The fraction of sp³-hybridized carbons (Fsp3) is 0.289. The molecule has 4 aromatic rings. The van der Waals surface area contributed by atoms with Gasteiger partial charge in [0.1, 0.15) is 0 Å². The monoisotopic (exact) mass is 593 g/mol. The topological polar surface area (TPSA) is 44.4 Å². The molecule has 224 valence electrons. The zero-order valence-corrected chi connectivity index (χ0v) is 26.6. The van der Waals surface area contributed by atoms with Gasteiger partial charge >= 0.3 is 0 Å². The lowest BCUT2D eigenvalue weighted by atomic mass is 9.99. The van der Waals surface area contributed by atoms with Crippen LogP contribution in [0.2, 0.25) is 5.02 Å². The van der Waals surface area contributed by atoms with Crippen molar-refractivity contribution in [2.75, 3.05) is 27.2 Å². The lowest BCUT2D eigenvalue weighted by Crippen LogP contribution is -2.49. The number of nitrogens with zero attached hydrogens (tertiary/aromatic N) is 1. The van der Waals surface area contributed by atoms with Crippen LogP contribution in [0.3, 0.4) is 0 Å². The number of carbonyl (C=O) groups excluding carboxylic acids is 1. The predicted octanol–water partition coefficient (Wildman–Crippen LogP) is 7.51. The molecule has 43 heavy (non-hydrogen) atoms. The zero-order valence-electron chi connectivity index (χ0n) is 25.8. The summed E-state index contributed by atoms with van der Waals surface area (Å²) in [5, 5.41) is 9.93. The molecule has 0 aromatic heterocycles. The number of fused-ring (bicyclic) bond motifs is 1.